The van der Waals surface area contributed by atoms with Crippen LogP contribution in [-0.2, 0) is 4.79 Å². The normalized spacial score (nSPS) is 27.9. The third-order valence-electron chi connectivity index (χ3n) is 5.26. The molecule has 0 bridgehead atoms. The van der Waals surface area contributed by atoms with Crippen LogP contribution in [0, 0.1) is 5.92 Å². The summed E-state index contributed by atoms with van der Waals surface area (Å²) in [6, 6.07) is 2.11. The van der Waals surface area contributed by atoms with E-state index in [0.717, 1.165) is 44.2 Å². The van der Waals surface area contributed by atoms with Gasteiger partial charge in [0.1, 0.15) is 0 Å². The van der Waals surface area contributed by atoms with Crippen molar-refractivity contribution in [3.8, 4) is 0 Å². The SMILES string of the molecule is CC(C)CN1C(=O)CCC12CCC(NC(=O)c1ccsc1)CC2. The Bertz CT molecular complexity index is 560. The number of carbonyl (C=O) groups excluding carboxylic acids is 2. The molecule has 4 nitrogen and oxygen atoms in total. The van der Waals surface area contributed by atoms with Gasteiger partial charge in [-0.2, -0.15) is 11.3 Å². The minimum Gasteiger partial charge on any atom is -0.349 e. The standard InChI is InChI=1S/C18H26N2O2S/c1-13(2)11-20-16(21)5-9-18(20)7-3-15(4-8-18)19-17(22)14-6-10-23-12-14/h6,10,12-13,15H,3-5,7-9,11H2,1-2H3,(H,19,22). The van der Waals surface area contributed by atoms with E-state index in [4.69, 9.17) is 0 Å². The lowest BCUT2D eigenvalue weighted by Gasteiger charge is -2.44. The van der Waals surface area contributed by atoms with Gasteiger partial charge >= 0.3 is 0 Å². The molecule has 1 aliphatic carbocycles. The van der Waals surface area contributed by atoms with Gasteiger partial charge in [-0.25, -0.2) is 0 Å². The minimum absolute atomic E-state index is 0.0359. The molecule has 1 saturated heterocycles. The number of rotatable bonds is 4. The fraction of sp³-hybridized carbons (Fsp3) is 0.667. The molecule has 126 valence electrons. The highest BCUT2D eigenvalue weighted by atomic mass is 32.1. The Kier molecular flexibility index (Phi) is 4.76. The van der Waals surface area contributed by atoms with E-state index in [1.165, 1.54) is 0 Å². The number of amides is 2. The van der Waals surface area contributed by atoms with Crippen LogP contribution in [0.15, 0.2) is 16.8 Å². The first-order chi connectivity index (χ1) is 11.0. The summed E-state index contributed by atoms with van der Waals surface area (Å²) in [5.41, 5.74) is 0.818. The van der Waals surface area contributed by atoms with Gasteiger partial charge < -0.3 is 10.2 Å². The zero-order valence-corrected chi connectivity index (χ0v) is 14.8. The average Bonchev–Trinajstić information content (AvgIpc) is 3.14. The van der Waals surface area contributed by atoms with Gasteiger partial charge in [-0.15, -0.1) is 0 Å². The molecule has 1 spiro atoms. The summed E-state index contributed by atoms with van der Waals surface area (Å²) < 4.78 is 0. The number of nitrogens with zero attached hydrogens (tertiary/aromatic N) is 1. The van der Waals surface area contributed by atoms with Crippen molar-refractivity contribution in [3.63, 3.8) is 0 Å². The quantitative estimate of drug-likeness (QED) is 0.917. The van der Waals surface area contributed by atoms with E-state index >= 15 is 0 Å². The van der Waals surface area contributed by atoms with Gasteiger partial charge in [0.25, 0.3) is 5.91 Å². The molecule has 2 aliphatic rings. The second kappa shape index (κ2) is 6.63. The maximum absolute atomic E-state index is 12.3. The lowest BCUT2D eigenvalue weighted by molar-refractivity contribution is -0.132. The number of carbonyl (C=O) groups is 2. The number of thiophene rings is 1. The molecule has 0 atom stereocenters. The monoisotopic (exact) mass is 334 g/mol. The molecule has 1 aromatic rings. The summed E-state index contributed by atoms with van der Waals surface area (Å²) in [6.07, 6.45) is 5.65. The Morgan fingerprint density at radius 3 is 2.74 bits per heavy atom. The lowest BCUT2D eigenvalue weighted by atomic mass is 9.77. The smallest absolute Gasteiger partial charge is 0.252 e. The van der Waals surface area contributed by atoms with Gasteiger partial charge in [0, 0.05) is 35.5 Å². The zero-order chi connectivity index (χ0) is 16.4. The van der Waals surface area contributed by atoms with E-state index in [1.54, 1.807) is 11.3 Å². The van der Waals surface area contributed by atoms with Gasteiger partial charge in [0.2, 0.25) is 5.91 Å². The summed E-state index contributed by atoms with van der Waals surface area (Å²) >= 11 is 1.55. The molecule has 3 rings (SSSR count). The predicted molar refractivity (Wildman–Crippen MR) is 92.6 cm³/mol. The first kappa shape index (κ1) is 16.5. The number of hydrogen-bond donors (Lipinski definition) is 1. The van der Waals surface area contributed by atoms with Crippen molar-refractivity contribution in [1.29, 1.82) is 0 Å². The first-order valence-electron chi connectivity index (χ1n) is 8.64. The largest absolute Gasteiger partial charge is 0.349 e. The summed E-state index contributed by atoms with van der Waals surface area (Å²) in [4.78, 5) is 26.6. The third kappa shape index (κ3) is 3.44. The number of nitrogens with one attached hydrogen (secondary N) is 1. The van der Waals surface area contributed by atoms with Crippen molar-refractivity contribution in [3.05, 3.63) is 22.4 Å². The van der Waals surface area contributed by atoms with E-state index < -0.39 is 0 Å². The predicted octanol–water partition coefficient (Wildman–Crippen LogP) is 3.44. The molecule has 0 radical (unpaired) electrons. The molecule has 1 aromatic heterocycles. The van der Waals surface area contributed by atoms with Crippen molar-refractivity contribution in [1.82, 2.24) is 10.2 Å². The van der Waals surface area contributed by atoms with Crippen molar-refractivity contribution in [2.75, 3.05) is 6.54 Å². The van der Waals surface area contributed by atoms with Gasteiger partial charge in [-0.3, -0.25) is 9.59 Å². The summed E-state index contributed by atoms with van der Waals surface area (Å²) in [7, 11) is 0. The lowest BCUT2D eigenvalue weighted by Crippen LogP contribution is -2.52. The fourth-order valence-electron chi connectivity index (χ4n) is 4.02. The van der Waals surface area contributed by atoms with Crippen LogP contribution in [0.4, 0.5) is 0 Å². The van der Waals surface area contributed by atoms with E-state index in [-0.39, 0.29) is 17.5 Å². The Balaban J connectivity index is 1.59. The number of hydrogen-bond acceptors (Lipinski definition) is 3. The van der Waals surface area contributed by atoms with Crippen molar-refractivity contribution >= 4 is 23.2 Å². The highest BCUT2D eigenvalue weighted by Crippen LogP contribution is 2.42. The minimum atomic E-state index is 0.0359. The van der Waals surface area contributed by atoms with Gasteiger partial charge in [0.15, 0.2) is 0 Å². The van der Waals surface area contributed by atoms with Gasteiger partial charge in [0.05, 0.1) is 0 Å². The molecule has 1 N–H and O–H groups in total. The molecule has 5 heteroatoms. The van der Waals surface area contributed by atoms with Crippen LogP contribution in [-0.4, -0.2) is 34.8 Å². The molecular weight excluding hydrogens is 308 g/mol. The van der Waals surface area contributed by atoms with Crippen LogP contribution < -0.4 is 5.32 Å². The summed E-state index contributed by atoms with van der Waals surface area (Å²) in [6.45, 7) is 5.21. The highest BCUT2D eigenvalue weighted by molar-refractivity contribution is 7.08. The van der Waals surface area contributed by atoms with Crippen LogP contribution in [0.2, 0.25) is 0 Å². The van der Waals surface area contributed by atoms with Crippen molar-refractivity contribution in [2.45, 2.75) is 64.0 Å². The van der Waals surface area contributed by atoms with Crippen LogP contribution in [0.1, 0.15) is 62.7 Å². The molecule has 1 aliphatic heterocycles. The maximum Gasteiger partial charge on any atom is 0.252 e. The van der Waals surface area contributed by atoms with E-state index in [9.17, 15) is 9.59 Å². The molecule has 0 aromatic carbocycles. The summed E-state index contributed by atoms with van der Waals surface area (Å²) in [5.74, 6) is 0.859. The number of likely N-dealkylation sites (tertiary alicyclic amines) is 1. The Labute approximate surface area is 142 Å². The molecule has 2 heterocycles. The molecular formula is C18H26N2O2S. The Morgan fingerprint density at radius 2 is 2.13 bits per heavy atom. The van der Waals surface area contributed by atoms with Gasteiger partial charge in [-0.1, -0.05) is 13.8 Å². The zero-order valence-electron chi connectivity index (χ0n) is 14.0. The highest BCUT2D eigenvalue weighted by Gasteiger charge is 2.47. The van der Waals surface area contributed by atoms with Crippen molar-refractivity contribution in [2.24, 2.45) is 5.92 Å². The molecule has 0 unspecified atom stereocenters. The topological polar surface area (TPSA) is 49.4 Å². The van der Waals surface area contributed by atoms with Gasteiger partial charge in [-0.05, 0) is 49.5 Å². The fourth-order valence-corrected chi connectivity index (χ4v) is 4.65. The molecule has 1 saturated carbocycles. The first-order valence-corrected chi connectivity index (χ1v) is 9.58. The second-order valence-corrected chi connectivity index (χ2v) is 8.16. The summed E-state index contributed by atoms with van der Waals surface area (Å²) in [5, 5.41) is 6.98. The second-order valence-electron chi connectivity index (χ2n) is 7.38. The third-order valence-corrected chi connectivity index (χ3v) is 5.94. The average molecular weight is 334 g/mol. The van der Waals surface area contributed by atoms with E-state index in [2.05, 4.69) is 24.1 Å². The molecule has 2 amide bonds. The maximum atomic E-state index is 12.3. The molecule has 23 heavy (non-hydrogen) atoms. The van der Waals surface area contributed by atoms with E-state index in [1.807, 2.05) is 16.8 Å². The van der Waals surface area contributed by atoms with E-state index in [0.29, 0.717) is 18.2 Å². The Hall–Kier alpha value is -1.36. The van der Waals surface area contributed by atoms with Crippen molar-refractivity contribution < 1.29 is 9.59 Å². The van der Waals surface area contributed by atoms with Crippen LogP contribution in [0.5, 0.6) is 0 Å². The van der Waals surface area contributed by atoms with Crippen LogP contribution in [0.3, 0.4) is 0 Å². The van der Waals surface area contributed by atoms with Crippen LogP contribution in [0.25, 0.3) is 0 Å². The Morgan fingerprint density at radius 1 is 1.39 bits per heavy atom. The van der Waals surface area contributed by atoms with Crippen LogP contribution >= 0.6 is 11.3 Å². The molecule has 2 fully saturated rings.